The van der Waals surface area contributed by atoms with Crippen molar-refractivity contribution in [1.29, 1.82) is 0 Å². The van der Waals surface area contributed by atoms with Crippen LogP contribution in [0.25, 0.3) is 0 Å². The van der Waals surface area contributed by atoms with E-state index in [0.29, 0.717) is 0 Å². The van der Waals surface area contributed by atoms with E-state index in [2.05, 4.69) is 33.4 Å². The highest BCUT2D eigenvalue weighted by molar-refractivity contribution is 4.49. The van der Waals surface area contributed by atoms with Crippen molar-refractivity contribution in [3.63, 3.8) is 0 Å². The zero-order valence-electron chi connectivity index (χ0n) is 15.0. The molecule has 0 bridgehead atoms. The molecule has 0 atom stereocenters. The van der Waals surface area contributed by atoms with Crippen LogP contribution in [-0.4, -0.2) is 43.2 Å². The van der Waals surface area contributed by atoms with Gasteiger partial charge in [0.05, 0.1) is 26.2 Å². The van der Waals surface area contributed by atoms with E-state index < -0.39 is 0 Å². The lowest BCUT2D eigenvalue weighted by molar-refractivity contribution is -0.929. The highest BCUT2D eigenvalue weighted by atomic mass is 16.0. The van der Waals surface area contributed by atoms with E-state index >= 15 is 0 Å². The Kier molecular flexibility index (Phi) is 23.5. The Morgan fingerprint density at radius 1 is 0.550 bits per heavy atom. The SMILES string of the molecule is CCCC[N+](CCCC)(CCCC)CCCC.CN.[OH-]. The Balaban J connectivity index is -0.000000916. The molecular weight excluding hydrogens is 248 g/mol. The summed E-state index contributed by atoms with van der Waals surface area (Å²) >= 11 is 0. The van der Waals surface area contributed by atoms with E-state index in [1.165, 1.54) is 89.1 Å². The third-order valence-corrected chi connectivity index (χ3v) is 3.94. The molecule has 0 heterocycles. The van der Waals surface area contributed by atoms with Gasteiger partial charge in [-0.25, -0.2) is 0 Å². The molecule has 0 aromatic heterocycles. The van der Waals surface area contributed by atoms with Crippen LogP contribution in [0.2, 0.25) is 0 Å². The summed E-state index contributed by atoms with van der Waals surface area (Å²) in [7, 11) is 1.50. The van der Waals surface area contributed by atoms with E-state index in [1.807, 2.05) is 0 Å². The van der Waals surface area contributed by atoms with Gasteiger partial charge < -0.3 is 15.7 Å². The van der Waals surface area contributed by atoms with Gasteiger partial charge in [-0.3, -0.25) is 0 Å². The lowest BCUT2D eigenvalue weighted by Crippen LogP contribution is -2.50. The lowest BCUT2D eigenvalue weighted by Gasteiger charge is -2.39. The minimum Gasteiger partial charge on any atom is -0.870 e. The average Bonchev–Trinajstić information content (AvgIpc) is 2.48. The summed E-state index contributed by atoms with van der Waals surface area (Å²) in [6.45, 7) is 15.0. The van der Waals surface area contributed by atoms with Crippen LogP contribution in [0, 0.1) is 0 Å². The summed E-state index contributed by atoms with van der Waals surface area (Å²) in [4.78, 5) is 0. The quantitative estimate of drug-likeness (QED) is 0.541. The van der Waals surface area contributed by atoms with E-state index in [-0.39, 0.29) is 5.48 Å². The molecule has 0 aromatic carbocycles. The van der Waals surface area contributed by atoms with Crippen molar-refractivity contribution >= 4 is 0 Å². The monoisotopic (exact) mass is 290 g/mol. The van der Waals surface area contributed by atoms with Crippen LogP contribution in [0.1, 0.15) is 79.1 Å². The third kappa shape index (κ3) is 12.9. The van der Waals surface area contributed by atoms with Crippen molar-refractivity contribution in [1.82, 2.24) is 0 Å². The fourth-order valence-corrected chi connectivity index (χ4v) is 2.64. The van der Waals surface area contributed by atoms with Gasteiger partial charge >= 0.3 is 0 Å². The van der Waals surface area contributed by atoms with Crippen molar-refractivity contribution < 1.29 is 9.96 Å². The van der Waals surface area contributed by atoms with Crippen molar-refractivity contribution in [2.24, 2.45) is 5.73 Å². The Morgan fingerprint density at radius 2 is 0.750 bits per heavy atom. The summed E-state index contributed by atoms with van der Waals surface area (Å²) in [6.07, 6.45) is 11.1. The third-order valence-electron chi connectivity index (χ3n) is 3.94. The molecule has 0 saturated carbocycles. The number of rotatable bonds is 12. The van der Waals surface area contributed by atoms with E-state index in [1.54, 1.807) is 0 Å². The molecule has 3 N–H and O–H groups in total. The summed E-state index contributed by atoms with van der Waals surface area (Å²) in [5, 5.41) is 0. The molecule has 0 aromatic rings. The molecular formula is C17H42N2O. The maximum atomic E-state index is 4.50. The van der Waals surface area contributed by atoms with Crippen LogP contribution in [-0.2, 0) is 0 Å². The summed E-state index contributed by atoms with van der Waals surface area (Å²) in [5.41, 5.74) is 4.50. The van der Waals surface area contributed by atoms with Gasteiger partial charge in [0.1, 0.15) is 0 Å². The van der Waals surface area contributed by atoms with Gasteiger partial charge in [-0.2, -0.15) is 0 Å². The van der Waals surface area contributed by atoms with Gasteiger partial charge in [0.15, 0.2) is 0 Å². The second-order valence-corrected chi connectivity index (χ2v) is 5.65. The van der Waals surface area contributed by atoms with Gasteiger partial charge in [0, 0.05) is 0 Å². The smallest absolute Gasteiger partial charge is 0.0786 e. The topological polar surface area (TPSA) is 56.0 Å². The summed E-state index contributed by atoms with van der Waals surface area (Å²) in [5.74, 6) is 0. The van der Waals surface area contributed by atoms with Gasteiger partial charge in [0.2, 0.25) is 0 Å². The standard InChI is InChI=1S/C16H36N.CH5N.H2O/c1-5-9-13-17(14-10-6-2,15-11-7-3)16-12-8-4;1-2;/h5-16H2,1-4H3;2H2,1H3;1H2/q+1;;/p-1. The molecule has 0 aliphatic heterocycles. The van der Waals surface area contributed by atoms with Crippen LogP contribution in [0.4, 0.5) is 0 Å². The maximum Gasteiger partial charge on any atom is 0.0786 e. The zero-order chi connectivity index (χ0) is 15.0. The Labute approximate surface area is 128 Å². The molecule has 3 heteroatoms. The Bertz CT molecular complexity index is 126. The normalized spacial score (nSPS) is 10.5. The molecule has 0 unspecified atom stereocenters. The second kappa shape index (κ2) is 18.9. The number of hydrogen-bond donors (Lipinski definition) is 1. The molecule has 0 spiro atoms. The number of quaternary nitrogens is 1. The van der Waals surface area contributed by atoms with Crippen molar-refractivity contribution in [3.8, 4) is 0 Å². The number of nitrogens with two attached hydrogens (primary N) is 1. The van der Waals surface area contributed by atoms with Crippen LogP contribution < -0.4 is 5.73 Å². The van der Waals surface area contributed by atoms with Gasteiger partial charge in [0.25, 0.3) is 0 Å². The summed E-state index contributed by atoms with van der Waals surface area (Å²) < 4.78 is 1.42. The molecule has 0 saturated heterocycles. The number of nitrogens with zero attached hydrogens (tertiary/aromatic N) is 1. The number of hydrogen-bond acceptors (Lipinski definition) is 2. The van der Waals surface area contributed by atoms with Crippen molar-refractivity contribution in [2.75, 3.05) is 33.2 Å². The molecule has 0 radical (unpaired) electrons. The van der Waals surface area contributed by atoms with Crippen molar-refractivity contribution in [3.05, 3.63) is 0 Å². The minimum atomic E-state index is 0. The number of unbranched alkanes of at least 4 members (excludes halogenated alkanes) is 4. The first-order valence-corrected chi connectivity index (χ1v) is 8.67. The van der Waals surface area contributed by atoms with Gasteiger partial charge in [-0.1, -0.05) is 53.4 Å². The van der Waals surface area contributed by atoms with Crippen LogP contribution >= 0.6 is 0 Å². The highest BCUT2D eigenvalue weighted by Crippen LogP contribution is 2.16. The Morgan fingerprint density at radius 3 is 0.900 bits per heavy atom. The fourth-order valence-electron chi connectivity index (χ4n) is 2.64. The molecule has 0 rings (SSSR count). The first-order valence-electron chi connectivity index (χ1n) is 8.67. The maximum absolute atomic E-state index is 4.50. The second-order valence-electron chi connectivity index (χ2n) is 5.65. The molecule has 0 fully saturated rings. The van der Waals surface area contributed by atoms with Gasteiger partial charge in [-0.15, -0.1) is 0 Å². The molecule has 126 valence electrons. The largest absolute Gasteiger partial charge is 0.870 e. The van der Waals surface area contributed by atoms with Crippen LogP contribution in [0.3, 0.4) is 0 Å². The molecule has 3 nitrogen and oxygen atoms in total. The van der Waals surface area contributed by atoms with Crippen LogP contribution in [0.15, 0.2) is 0 Å². The van der Waals surface area contributed by atoms with Gasteiger partial charge in [-0.05, 0) is 32.7 Å². The first kappa shape index (κ1) is 24.9. The zero-order valence-corrected chi connectivity index (χ0v) is 15.0. The minimum absolute atomic E-state index is 0. The first-order chi connectivity index (χ1) is 9.24. The Hall–Kier alpha value is -0.120. The molecule has 0 aliphatic carbocycles. The van der Waals surface area contributed by atoms with E-state index in [0.717, 1.165) is 0 Å². The average molecular weight is 291 g/mol. The lowest BCUT2D eigenvalue weighted by atomic mass is 10.1. The predicted molar refractivity (Wildman–Crippen MR) is 91.4 cm³/mol. The fraction of sp³-hybridized carbons (Fsp3) is 1.00. The molecule has 20 heavy (non-hydrogen) atoms. The van der Waals surface area contributed by atoms with E-state index in [4.69, 9.17) is 0 Å². The highest BCUT2D eigenvalue weighted by Gasteiger charge is 2.24. The molecule has 0 amide bonds. The predicted octanol–water partition coefficient (Wildman–Crippen LogP) is 4.40. The van der Waals surface area contributed by atoms with E-state index in [9.17, 15) is 0 Å². The van der Waals surface area contributed by atoms with Crippen molar-refractivity contribution in [2.45, 2.75) is 79.1 Å². The molecule has 0 aliphatic rings. The van der Waals surface area contributed by atoms with Crippen LogP contribution in [0.5, 0.6) is 0 Å². The summed E-state index contributed by atoms with van der Waals surface area (Å²) in [6, 6.07) is 0.